The van der Waals surface area contributed by atoms with Crippen molar-refractivity contribution in [2.24, 2.45) is 0 Å². The third-order valence-corrected chi connectivity index (χ3v) is 4.50. The molecule has 0 aliphatic rings. The average molecular weight is 369 g/mol. The highest BCUT2D eigenvalue weighted by Gasteiger charge is 2.13. The molecule has 0 saturated carbocycles. The molecule has 0 aliphatic carbocycles. The number of pyridine rings is 1. The van der Waals surface area contributed by atoms with Crippen LogP contribution in [0.3, 0.4) is 0 Å². The van der Waals surface area contributed by atoms with Crippen molar-refractivity contribution >= 4 is 17.7 Å². The van der Waals surface area contributed by atoms with Gasteiger partial charge in [0.2, 0.25) is 5.16 Å². The molecule has 0 fully saturated rings. The molecular formula is C18H19N5O2S. The van der Waals surface area contributed by atoms with Gasteiger partial charge in [-0.3, -0.25) is 4.98 Å². The van der Waals surface area contributed by atoms with Crippen molar-refractivity contribution in [2.45, 2.75) is 30.9 Å². The Hall–Kier alpha value is -2.87. The Labute approximate surface area is 155 Å². The van der Waals surface area contributed by atoms with Crippen molar-refractivity contribution in [3.05, 3.63) is 59.9 Å². The van der Waals surface area contributed by atoms with Crippen LogP contribution in [0.15, 0.2) is 53.9 Å². The van der Waals surface area contributed by atoms with Gasteiger partial charge < -0.3 is 10.6 Å². The van der Waals surface area contributed by atoms with E-state index in [-0.39, 0.29) is 12.1 Å². The van der Waals surface area contributed by atoms with Crippen LogP contribution in [-0.2, 0) is 10.5 Å². The summed E-state index contributed by atoms with van der Waals surface area (Å²) in [4.78, 5) is 15.9. The number of hydrogen-bond acceptors (Lipinski definition) is 7. The summed E-state index contributed by atoms with van der Waals surface area (Å²) in [5, 5.41) is 8.87. The van der Waals surface area contributed by atoms with Gasteiger partial charge in [0.25, 0.3) is 0 Å². The number of benzene rings is 1. The number of ether oxygens (including phenoxy) is 1. The normalized spacial score (nSPS) is 10.9. The van der Waals surface area contributed by atoms with Crippen molar-refractivity contribution in [2.75, 3.05) is 5.84 Å². The zero-order valence-corrected chi connectivity index (χ0v) is 15.3. The second kappa shape index (κ2) is 8.01. The van der Waals surface area contributed by atoms with E-state index in [1.807, 2.05) is 38.1 Å². The van der Waals surface area contributed by atoms with Gasteiger partial charge >= 0.3 is 5.97 Å². The Morgan fingerprint density at radius 3 is 2.65 bits per heavy atom. The highest BCUT2D eigenvalue weighted by atomic mass is 32.2. The molecule has 0 aliphatic heterocycles. The van der Waals surface area contributed by atoms with Crippen LogP contribution < -0.4 is 5.84 Å². The minimum Gasteiger partial charge on any atom is -0.459 e. The Morgan fingerprint density at radius 2 is 2.00 bits per heavy atom. The number of thioether (sulfide) groups is 1. The Kier molecular flexibility index (Phi) is 5.52. The summed E-state index contributed by atoms with van der Waals surface area (Å²) in [5.41, 5.74) is 2.39. The van der Waals surface area contributed by atoms with E-state index in [2.05, 4.69) is 15.2 Å². The van der Waals surface area contributed by atoms with Crippen molar-refractivity contribution in [1.82, 2.24) is 19.9 Å². The van der Waals surface area contributed by atoms with E-state index >= 15 is 0 Å². The topological polar surface area (TPSA) is 95.9 Å². The Bertz CT molecular complexity index is 878. The fourth-order valence-corrected chi connectivity index (χ4v) is 3.05. The molecule has 7 nitrogen and oxygen atoms in total. The first-order chi connectivity index (χ1) is 12.5. The molecule has 3 aromatic rings. The Balaban J connectivity index is 1.65. The van der Waals surface area contributed by atoms with Crippen LogP contribution >= 0.6 is 11.8 Å². The fourth-order valence-electron chi connectivity index (χ4n) is 2.23. The standard InChI is InChI=1S/C18H19N5O2S/c1-12(2)25-17(24)14-7-5-13(6-8-14)11-26-18-22-21-16(23(18)19)15-4-3-9-20-10-15/h3-10,12H,11,19H2,1-2H3. The maximum absolute atomic E-state index is 11.9. The second-order valence-electron chi connectivity index (χ2n) is 5.86. The van der Waals surface area contributed by atoms with Gasteiger partial charge in [-0.25, -0.2) is 9.47 Å². The third kappa shape index (κ3) is 4.20. The number of carbonyl (C=O) groups is 1. The maximum atomic E-state index is 11.9. The highest BCUT2D eigenvalue weighted by molar-refractivity contribution is 7.98. The summed E-state index contributed by atoms with van der Waals surface area (Å²) in [7, 11) is 0. The molecule has 134 valence electrons. The number of nitrogens with zero attached hydrogens (tertiary/aromatic N) is 4. The van der Waals surface area contributed by atoms with Crippen molar-refractivity contribution < 1.29 is 9.53 Å². The van der Waals surface area contributed by atoms with Gasteiger partial charge in [-0.05, 0) is 43.7 Å². The predicted molar refractivity (Wildman–Crippen MR) is 100.0 cm³/mol. The highest BCUT2D eigenvalue weighted by Crippen LogP contribution is 2.24. The summed E-state index contributed by atoms with van der Waals surface area (Å²) in [6.45, 7) is 3.65. The van der Waals surface area contributed by atoms with E-state index < -0.39 is 0 Å². The Morgan fingerprint density at radius 1 is 1.23 bits per heavy atom. The van der Waals surface area contributed by atoms with Crippen molar-refractivity contribution in [1.29, 1.82) is 0 Å². The van der Waals surface area contributed by atoms with Gasteiger partial charge in [0.15, 0.2) is 5.82 Å². The van der Waals surface area contributed by atoms with Gasteiger partial charge in [-0.2, -0.15) is 0 Å². The van der Waals surface area contributed by atoms with Crippen LogP contribution in [0.25, 0.3) is 11.4 Å². The molecule has 1 aromatic carbocycles. The number of carbonyl (C=O) groups excluding carboxylic acids is 1. The molecule has 0 bridgehead atoms. The van der Waals surface area contributed by atoms with Crippen LogP contribution in [0, 0.1) is 0 Å². The third-order valence-electron chi connectivity index (χ3n) is 3.48. The molecule has 8 heteroatoms. The van der Waals surface area contributed by atoms with Crippen LogP contribution in [0.4, 0.5) is 0 Å². The number of nitrogen functional groups attached to an aromatic ring is 1. The van der Waals surface area contributed by atoms with Crippen molar-refractivity contribution in [3.8, 4) is 11.4 Å². The van der Waals surface area contributed by atoms with E-state index in [0.29, 0.717) is 22.3 Å². The quantitative estimate of drug-likeness (QED) is 0.405. The van der Waals surface area contributed by atoms with Gasteiger partial charge in [0.05, 0.1) is 11.7 Å². The molecule has 0 atom stereocenters. The molecular weight excluding hydrogens is 350 g/mol. The number of hydrogen-bond donors (Lipinski definition) is 1. The minimum absolute atomic E-state index is 0.136. The molecule has 2 N–H and O–H groups in total. The zero-order chi connectivity index (χ0) is 18.5. The summed E-state index contributed by atoms with van der Waals surface area (Å²) in [6.07, 6.45) is 3.25. The number of rotatable bonds is 6. The van der Waals surface area contributed by atoms with E-state index in [4.69, 9.17) is 10.6 Å². The minimum atomic E-state index is -0.318. The largest absolute Gasteiger partial charge is 0.459 e. The molecule has 2 heterocycles. The first kappa shape index (κ1) is 17.9. The zero-order valence-electron chi connectivity index (χ0n) is 14.5. The molecule has 2 aromatic heterocycles. The van der Waals surface area contributed by atoms with Crippen LogP contribution in [0.1, 0.15) is 29.8 Å². The predicted octanol–water partition coefficient (Wildman–Crippen LogP) is 2.91. The fraction of sp³-hybridized carbons (Fsp3) is 0.222. The lowest BCUT2D eigenvalue weighted by Crippen LogP contribution is -2.12. The SMILES string of the molecule is CC(C)OC(=O)c1ccc(CSc2nnc(-c3cccnc3)n2N)cc1. The molecule has 3 rings (SSSR count). The van der Waals surface area contributed by atoms with Crippen LogP contribution in [-0.4, -0.2) is 31.9 Å². The van der Waals surface area contributed by atoms with Gasteiger partial charge in [-0.15, -0.1) is 10.2 Å². The van der Waals surface area contributed by atoms with Gasteiger partial charge in [-0.1, -0.05) is 23.9 Å². The number of nitrogens with two attached hydrogens (primary N) is 1. The molecule has 0 radical (unpaired) electrons. The van der Waals surface area contributed by atoms with Crippen LogP contribution in [0.5, 0.6) is 0 Å². The van der Waals surface area contributed by atoms with E-state index in [1.54, 1.807) is 24.5 Å². The molecule has 0 amide bonds. The van der Waals surface area contributed by atoms with Crippen LogP contribution in [0.2, 0.25) is 0 Å². The maximum Gasteiger partial charge on any atom is 0.338 e. The molecule has 0 saturated heterocycles. The lowest BCUT2D eigenvalue weighted by molar-refractivity contribution is 0.0378. The lowest BCUT2D eigenvalue weighted by atomic mass is 10.1. The van der Waals surface area contributed by atoms with Gasteiger partial charge in [0.1, 0.15) is 0 Å². The first-order valence-corrected chi connectivity index (χ1v) is 9.07. The summed E-state index contributed by atoms with van der Waals surface area (Å²) in [6, 6.07) is 11.0. The molecule has 0 spiro atoms. The number of esters is 1. The number of aromatic nitrogens is 4. The van der Waals surface area contributed by atoms with Gasteiger partial charge in [0, 0.05) is 23.7 Å². The second-order valence-corrected chi connectivity index (χ2v) is 6.80. The average Bonchev–Trinajstić information content (AvgIpc) is 3.01. The summed E-state index contributed by atoms with van der Waals surface area (Å²) >= 11 is 1.47. The molecule has 0 unspecified atom stereocenters. The summed E-state index contributed by atoms with van der Waals surface area (Å²) < 4.78 is 6.63. The van der Waals surface area contributed by atoms with E-state index in [1.165, 1.54) is 16.4 Å². The summed E-state index contributed by atoms with van der Waals surface area (Å²) in [5.74, 6) is 6.99. The lowest BCUT2D eigenvalue weighted by Gasteiger charge is -2.08. The van der Waals surface area contributed by atoms with Crippen molar-refractivity contribution in [3.63, 3.8) is 0 Å². The monoisotopic (exact) mass is 369 g/mol. The molecule has 26 heavy (non-hydrogen) atoms. The first-order valence-electron chi connectivity index (χ1n) is 8.08. The van der Waals surface area contributed by atoms with E-state index in [0.717, 1.165) is 11.1 Å². The smallest absolute Gasteiger partial charge is 0.338 e. The van der Waals surface area contributed by atoms with E-state index in [9.17, 15) is 4.79 Å².